The van der Waals surface area contributed by atoms with E-state index in [4.69, 9.17) is 10.8 Å². The molecule has 0 saturated heterocycles. The van der Waals surface area contributed by atoms with E-state index in [9.17, 15) is 38.4 Å². The third-order valence-corrected chi connectivity index (χ3v) is 11.7. The van der Waals surface area contributed by atoms with Gasteiger partial charge in [0.25, 0.3) is 5.91 Å². The molecular formula is C41H63N7O9S2. The third kappa shape index (κ3) is 19.0. The number of amides is 7. The van der Waals surface area contributed by atoms with Crippen LogP contribution in [-0.4, -0.2) is 100 Å². The number of nitrogens with two attached hydrogens (primary N) is 1. The minimum absolute atomic E-state index is 0.00579. The topological polar surface area (TPSA) is 255 Å². The molecule has 0 aromatic heterocycles. The number of carboxylic acid groups (broad SMARTS) is 1. The number of nitrogens with zero attached hydrogens (tertiary/aromatic N) is 1. The lowest BCUT2D eigenvalue weighted by molar-refractivity contribution is -0.137. The molecule has 0 fully saturated rings. The van der Waals surface area contributed by atoms with Gasteiger partial charge in [0.15, 0.2) is 0 Å². The second kappa shape index (κ2) is 25.9. The summed E-state index contributed by atoms with van der Waals surface area (Å²) in [4.78, 5) is 108. The van der Waals surface area contributed by atoms with Gasteiger partial charge < -0.3 is 37.4 Å². The zero-order chi connectivity index (χ0) is 44.2. The molecule has 7 amide bonds. The Hall–Kier alpha value is -4.45. The largest absolute Gasteiger partial charge is 0.481 e. The molecule has 0 spiro atoms. The highest BCUT2D eigenvalue weighted by Crippen LogP contribution is 2.21. The lowest BCUT2D eigenvalue weighted by Crippen LogP contribution is -2.59. The van der Waals surface area contributed by atoms with Gasteiger partial charge in [-0.1, -0.05) is 72.2 Å². The number of thioether (sulfide) groups is 2. The van der Waals surface area contributed by atoms with Crippen molar-refractivity contribution in [3.8, 4) is 0 Å². The van der Waals surface area contributed by atoms with Crippen LogP contribution in [0.5, 0.6) is 0 Å². The lowest BCUT2D eigenvalue weighted by atomic mass is 9.96. The summed E-state index contributed by atoms with van der Waals surface area (Å²) in [5.74, 6) is -5.39. The summed E-state index contributed by atoms with van der Waals surface area (Å²) >= 11 is 2.81. The first-order valence-electron chi connectivity index (χ1n) is 20.1. The highest BCUT2D eigenvalue weighted by molar-refractivity contribution is 7.98. The Morgan fingerprint density at radius 2 is 1.53 bits per heavy atom. The van der Waals surface area contributed by atoms with Gasteiger partial charge in [-0.3, -0.25) is 38.4 Å². The first-order valence-corrected chi connectivity index (χ1v) is 22.4. The number of hydrogen-bond donors (Lipinski definition) is 7. The van der Waals surface area contributed by atoms with E-state index >= 15 is 0 Å². The Balaban J connectivity index is 2.47. The molecule has 1 aromatic carbocycles. The molecule has 2 bridgehead atoms. The van der Waals surface area contributed by atoms with Gasteiger partial charge in [0, 0.05) is 42.1 Å². The fourth-order valence-electron chi connectivity index (χ4n) is 6.00. The quantitative estimate of drug-likeness (QED) is 0.134. The minimum Gasteiger partial charge on any atom is -0.481 e. The molecule has 2 rings (SSSR count). The maximum Gasteiger partial charge on any atom is 0.303 e. The van der Waals surface area contributed by atoms with Crippen LogP contribution in [0.1, 0.15) is 98.1 Å². The first-order chi connectivity index (χ1) is 27.8. The predicted octanol–water partition coefficient (Wildman–Crippen LogP) is 2.70. The number of rotatable bonds is 14. The van der Waals surface area contributed by atoms with Crippen molar-refractivity contribution in [3.05, 3.63) is 35.4 Å². The van der Waals surface area contributed by atoms with Crippen LogP contribution in [0.3, 0.4) is 0 Å². The van der Waals surface area contributed by atoms with Crippen molar-refractivity contribution >= 4 is 77.1 Å². The van der Waals surface area contributed by atoms with E-state index in [1.54, 1.807) is 6.92 Å². The Kier molecular flexibility index (Phi) is 22.3. The number of carbonyl (C=O) groups is 8. The van der Waals surface area contributed by atoms with Crippen molar-refractivity contribution in [1.29, 1.82) is 0 Å². The van der Waals surface area contributed by atoms with Crippen molar-refractivity contribution in [2.75, 3.05) is 11.5 Å². The van der Waals surface area contributed by atoms with Gasteiger partial charge in [0.05, 0.1) is 5.92 Å². The molecular weight excluding hydrogens is 799 g/mol. The summed E-state index contributed by atoms with van der Waals surface area (Å²) < 4.78 is 0. The molecule has 16 nitrogen and oxygen atoms in total. The van der Waals surface area contributed by atoms with Gasteiger partial charge in [-0.05, 0) is 55.1 Å². The van der Waals surface area contributed by atoms with Gasteiger partial charge in [-0.2, -0.15) is 23.5 Å². The second-order valence-corrected chi connectivity index (χ2v) is 17.9. The van der Waals surface area contributed by atoms with Crippen molar-refractivity contribution in [1.82, 2.24) is 26.6 Å². The van der Waals surface area contributed by atoms with E-state index < -0.39 is 83.4 Å². The molecule has 2 unspecified atom stereocenters. The van der Waals surface area contributed by atoms with E-state index in [2.05, 4.69) is 31.6 Å². The van der Waals surface area contributed by atoms with Crippen LogP contribution in [0.15, 0.2) is 29.3 Å². The average Bonchev–Trinajstić information content (AvgIpc) is 3.15. The summed E-state index contributed by atoms with van der Waals surface area (Å²) in [7, 11) is 0. The van der Waals surface area contributed by atoms with Crippen molar-refractivity contribution in [2.45, 2.75) is 129 Å². The van der Waals surface area contributed by atoms with Crippen molar-refractivity contribution in [3.63, 3.8) is 0 Å². The molecule has 1 aromatic rings. The number of hydrogen-bond acceptors (Lipinski definition) is 10. The molecule has 328 valence electrons. The van der Waals surface area contributed by atoms with Gasteiger partial charge >= 0.3 is 5.97 Å². The van der Waals surface area contributed by atoms with Gasteiger partial charge in [-0.25, -0.2) is 4.99 Å². The highest BCUT2D eigenvalue weighted by atomic mass is 32.2. The number of carboxylic acids is 1. The van der Waals surface area contributed by atoms with Crippen molar-refractivity contribution < 1.29 is 43.5 Å². The van der Waals surface area contributed by atoms with E-state index in [1.165, 1.54) is 36.7 Å². The maximum absolute atomic E-state index is 13.8. The van der Waals surface area contributed by atoms with Crippen LogP contribution < -0.4 is 32.3 Å². The third-order valence-electron chi connectivity index (χ3n) is 9.51. The summed E-state index contributed by atoms with van der Waals surface area (Å²) in [5.41, 5.74) is 7.60. The van der Waals surface area contributed by atoms with E-state index in [0.29, 0.717) is 17.9 Å². The zero-order valence-corrected chi connectivity index (χ0v) is 36.8. The molecule has 1 aliphatic rings. The number of fused-ring (bicyclic) bond motifs is 2. The Morgan fingerprint density at radius 1 is 0.881 bits per heavy atom. The summed E-state index contributed by atoms with van der Waals surface area (Å²) in [6.07, 6.45) is 2.04. The second-order valence-electron chi connectivity index (χ2n) is 15.8. The molecule has 1 heterocycles. The van der Waals surface area contributed by atoms with Crippen LogP contribution in [-0.2, 0) is 49.9 Å². The number of benzene rings is 1. The number of nitrogens with one attached hydrogen (secondary N) is 5. The van der Waals surface area contributed by atoms with Crippen LogP contribution in [0, 0.1) is 23.7 Å². The van der Waals surface area contributed by atoms with Crippen LogP contribution in [0.2, 0.25) is 0 Å². The number of carbonyl (C=O) groups excluding carboxylic acids is 7. The van der Waals surface area contributed by atoms with Crippen LogP contribution >= 0.6 is 23.5 Å². The number of aliphatic carboxylic acids is 1. The SMILES string of the molecule is CC[C@H](C)[C@@H]1NC(=O)[C@H](CC(C)C)NC(=O)[C@H](C)NC(=O)C(/C=N/C(=O)[C@H](CC(C)C)NC(=O)CCCC(=O)O)CSCc2cccc(c2)CSCC(C(N)=O)NC1=O. The van der Waals surface area contributed by atoms with E-state index in [1.807, 2.05) is 58.9 Å². The Morgan fingerprint density at radius 3 is 2.10 bits per heavy atom. The van der Waals surface area contributed by atoms with Crippen molar-refractivity contribution in [2.24, 2.45) is 34.4 Å². The van der Waals surface area contributed by atoms with E-state index in [0.717, 1.165) is 11.1 Å². The van der Waals surface area contributed by atoms with Crippen LogP contribution in [0.4, 0.5) is 0 Å². The van der Waals surface area contributed by atoms with Crippen LogP contribution in [0.25, 0.3) is 0 Å². The van der Waals surface area contributed by atoms with Gasteiger partial charge in [-0.15, -0.1) is 0 Å². The zero-order valence-electron chi connectivity index (χ0n) is 35.2. The number of primary amides is 1. The number of aliphatic imine (C=N–C) groups is 1. The molecule has 0 saturated carbocycles. The maximum atomic E-state index is 13.8. The predicted molar refractivity (Wildman–Crippen MR) is 230 cm³/mol. The van der Waals surface area contributed by atoms with Gasteiger partial charge in [0.2, 0.25) is 35.4 Å². The molecule has 18 heteroatoms. The Bertz CT molecular complexity index is 1660. The fourth-order valence-corrected chi connectivity index (χ4v) is 8.05. The summed E-state index contributed by atoms with van der Waals surface area (Å²) in [6.45, 7) is 12.6. The molecule has 8 N–H and O–H groups in total. The fraction of sp³-hybridized carbons (Fsp3) is 0.634. The summed E-state index contributed by atoms with van der Waals surface area (Å²) in [6, 6.07) is 2.49. The minimum atomic E-state index is -1.13. The molecule has 7 atom stereocenters. The average molecular weight is 862 g/mol. The van der Waals surface area contributed by atoms with Gasteiger partial charge in [0.1, 0.15) is 30.2 Å². The monoisotopic (exact) mass is 861 g/mol. The summed E-state index contributed by atoms with van der Waals surface area (Å²) in [5, 5.41) is 22.5. The van der Waals surface area contributed by atoms with E-state index in [-0.39, 0.29) is 61.4 Å². The smallest absolute Gasteiger partial charge is 0.303 e. The Labute approximate surface area is 356 Å². The standard InChI is InChI=1S/C41H63N7O9S2/c1-8-25(6)35-41(57)47-32(36(42)52)22-59-20-28-12-9-11-27(17-28)19-58-21-29(38(54)44-26(7)37(53)46-31(16-24(4)5)40(56)48-35)18-43-39(55)30(15-23(2)3)45-33(49)13-10-14-34(50)51/h9,11-12,17-18,23-26,29-32,35H,8,10,13-16,19-22H2,1-7H3,(H2,42,52)(H,44,54)(H,45,49)(H,46,53)(H,47,57)(H,48,56)(H,50,51)/b43-18+/t25-,26-,29?,30-,31-,32?,35-/m0/s1. The molecule has 0 radical (unpaired) electrons. The molecule has 0 aliphatic carbocycles. The molecule has 59 heavy (non-hydrogen) atoms. The highest BCUT2D eigenvalue weighted by Gasteiger charge is 2.33. The lowest BCUT2D eigenvalue weighted by Gasteiger charge is -2.29. The molecule has 1 aliphatic heterocycles. The first kappa shape index (κ1) is 50.7. The normalized spacial score (nSPS) is 22.8.